The molecule has 240 valence electrons. The number of benzene rings is 1. The van der Waals surface area contributed by atoms with E-state index in [4.69, 9.17) is 18.9 Å². The SMILES string of the molecule is CC(=O)OC1C(OC(=O)c2ccccc2)C(C)=CC2C(OC(C)=O)C(C)(O)CC2(O)C(=O)C(C)C=CC(C)(C)C1OC(C)=O. The van der Waals surface area contributed by atoms with Crippen LogP contribution in [0.4, 0.5) is 0 Å². The van der Waals surface area contributed by atoms with Gasteiger partial charge in [-0.3, -0.25) is 19.2 Å². The Morgan fingerprint density at radius 1 is 0.841 bits per heavy atom. The van der Waals surface area contributed by atoms with E-state index in [1.165, 1.54) is 45.1 Å². The molecule has 0 saturated heterocycles. The first-order valence-corrected chi connectivity index (χ1v) is 14.4. The number of carbonyl (C=O) groups is 5. The number of hydrogen-bond donors (Lipinski definition) is 2. The molecule has 11 nitrogen and oxygen atoms in total. The van der Waals surface area contributed by atoms with E-state index >= 15 is 0 Å². The van der Waals surface area contributed by atoms with Crippen LogP contribution in [0.1, 0.15) is 72.2 Å². The maximum Gasteiger partial charge on any atom is 0.338 e. The Morgan fingerprint density at radius 3 is 1.93 bits per heavy atom. The molecule has 0 heterocycles. The van der Waals surface area contributed by atoms with Crippen molar-refractivity contribution in [3.05, 3.63) is 59.7 Å². The third-order valence-electron chi connectivity index (χ3n) is 8.13. The lowest BCUT2D eigenvalue weighted by atomic mass is 9.75. The number of ketones is 1. The van der Waals surface area contributed by atoms with Crippen LogP contribution in [0.15, 0.2) is 54.1 Å². The van der Waals surface area contributed by atoms with Gasteiger partial charge in [0, 0.05) is 38.5 Å². The molecule has 11 heteroatoms. The summed E-state index contributed by atoms with van der Waals surface area (Å²) in [7, 11) is 0. The van der Waals surface area contributed by atoms with Gasteiger partial charge in [-0.1, -0.05) is 57.2 Å². The topological polar surface area (TPSA) is 163 Å². The third-order valence-corrected chi connectivity index (χ3v) is 8.13. The van der Waals surface area contributed by atoms with Gasteiger partial charge in [-0.2, -0.15) is 0 Å². The molecule has 0 aliphatic heterocycles. The molecule has 0 amide bonds. The molecule has 44 heavy (non-hydrogen) atoms. The van der Waals surface area contributed by atoms with Crippen LogP contribution < -0.4 is 0 Å². The van der Waals surface area contributed by atoms with Crippen molar-refractivity contribution in [3.8, 4) is 0 Å². The fraction of sp³-hybridized carbons (Fsp3) is 0.545. The molecule has 0 radical (unpaired) electrons. The molecule has 8 unspecified atom stereocenters. The Bertz CT molecular complexity index is 1340. The van der Waals surface area contributed by atoms with Crippen molar-refractivity contribution in [2.75, 3.05) is 0 Å². The van der Waals surface area contributed by atoms with E-state index in [9.17, 15) is 34.2 Å². The molecule has 1 aromatic rings. The van der Waals surface area contributed by atoms with Crippen molar-refractivity contribution in [2.24, 2.45) is 17.3 Å². The molecule has 3 rings (SSSR count). The van der Waals surface area contributed by atoms with Crippen LogP contribution in [0.2, 0.25) is 0 Å². The normalized spacial score (nSPS) is 33.5. The minimum Gasteiger partial charge on any atom is -0.459 e. The Balaban J connectivity index is 2.36. The van der Waals surface area contributed by atoms with Crippen LogP contribution in [-0.4, -0.2) is 75.5 Å². The Morgan fingerprint density at radius 2 is 1.39 bits per heavy atom. The second-order valence-corrected chi connectivity index (χ2v) is 12.6. The van der Waals surface area contributed by atoms with E-state index in [0.29, 0.717) is 0 Å². The number of rotatable bonds is 5. The molecule has 2 aliphatic carbocycles. The zero-order chi connectivity index (χ0) is 33.2. The van der Waals surface area contributed by atoms with Crippen molar-refractivity contribution in [3.63, 3.8) is 0 Å². The molecule has 1 saturated carbocycles. The Labute approximate surface area is 257 Å². The second kappa shape index (κ2) is 13.0. The highest BCUT2D eigenvalue weighted by Gasteiger charge is 2.63. The summed E-state index contributed by atoms with van der Waals surface area (Å²) in [5.41, 5.74) is -4.79. The molecule has 1 aromatic carbocycles. The van der Waals surface area contributed by atoms with E-state index in [1.54, 1.807) is 45.0 Å². The highest BCUT2D eigenvalue weighted by atomic mass is 16.6. The van der Waals surface area contributed by atoms with Crippen LogP contribution in [0.5, 0.6) is 0 Å². The molecule has 2 N–H and O–H groups in total. The number of aliphatic hydroxyl groups is 2. The van der Waals surface area contributed by atoms with Gasteiger partial charge in [-0.25, -0.2) is 4.79 Å². The molecule has 0 aromatic heterocycles. The maximum atomic E-state index is 13.9. The van der Waals surface area contributed by atoms with Crippen LogP contribution in [0.25, 0.3) is 0 Å². The summed E-state index contributed by atoms with van der Waals surface area (Å²) in [6.07, 6.45) is -1.38. The lowest BCUT2D eigenvalue weighted by molar-refractivity contribution is -0.181. The zero-order valence-electron chi connectivity index (χ0n) is 26.4. The van der Waals surface area contributed by atoms with Gasteiger partial charge in [0.2, 0.25) is 0 Å². The van der Waals surface area contributed by atoms with E-state index < -0.39 is 89.0 Å². The lowest BCUT2D eigenvalue weighted by Gasteiger charge is -2.40. The van der Waals surface area contributed by atoms with Crippen molar-refractivity contribution < 1.29 is 53.1 Å². The van der Waals surface area contributed by atoms with Crippen LogP contribution >= 0.6 is 0 Å². The Kier molecular flexibility index (Phi) is 10.3. The van der Waals surface area contributed by atoms with Gasteiger partial charge in [0.15, 0.2) is 24.1 Å². The first kappa shape index (κ1) is 34.7. The Hall–Kier alpha value is -3.83. The fourth-order valence-electron chi connectivity index (χ4n) is 6.08. The van der Waals surface area contributed by atoms with E-state index in [2.05, 4.69) is 0 Å². The van der Waals surface area contributed by atoms with Gasteiger partial charge in [0.05, 0.1) is 11.5 Å². The maximum absolute atomic E-state index is 13.9. The fourth-order valence-corrected chi connectivity index (χ4v) is 6.08. The zero-order valence-corrected chi connectivity index (χ0v) is 26.4. The summed E-state index contributed by atoms with van der Waals surface area (Å²) in [5, 5.41) is 23.3. The van der Waals surface area contributed by atoms with Gasteiger partial charge in [-0.15, -0.1) is 0 Å². The van der Waals surface area contributed by atoms with E-state index in [-0.39, 0.29) is 11.1 Å². The van der Waals surface area contributed by atoms with Gasteiger partial charge < -0.3 is 29.2 Å². The molecular weight excluding hydrogens is 572 g/mol. The first-order chi connectivity index (χ1) is 20.3. The lowest BCUT2D eigenvalue weighted by Crippen LogP contribution is -2.52. The number of carbonyl (C=O) groups excluding carboxylic acids is 5. The number of hydrogen-bond acceptors (Lipinski definition) is 11. The average Bonchev–Trinajstić information content (AvgIpc) is 3.11. The van der Waals surface area contributed by atoms with Crippen LogP contribution in [0.3, 0.4) is 0 Å². The van der Waals surface area contributed by atoms with Gasteiger partial charge >= 0.3 is 23.9 Å². The first-order valence-electron chi connectivity index (χ1n) is 14.4. The number of ether oxygens (including phenoxy) is 4. The summed E-state index contributed by atoms with van der Waals surface area (Å²) >= 11 is 0. The van der Waals surface area contributed by atoms with Crippen molar-refractivity contribution >= 4 is 29.7 Å². The minimum atomic E-state index is -2.21. The molecule has 1 fully saturated rings. The highest BCUT2D eigenvalue weighted by Crippen LogP contribution is 2.48. The van der Waals surface area contributed by atoms with Crippen LogP contribution in [0, 0.1) is 17.3 Å². The van der Waals surface area contributed by atoms with Crippen molar-refractivity contribution in [1.29, 1.82) is 0 Å². The average molecular weight is 615 g/mol. The molecule has 8 atom stereocenters. The predicted molar refractivity (Wildman–Crippen MR) is 157 cm³/mol. The number of allylic oxidation sites excluding steroid dienone is 1. The predicted octanol–water partition coefficient (Wildman–Crippen LogP) is 3.26. The van der Waals surface area contributed by atoms with Crippen LogP contribution in [-0.2, 0) is 38.1 Å². The summed E-state index contributed by atoms with van der Waals surface area (Å²) < 4.78 is 22.9. The smallest absolute Gasteiger partial charge is 0.338 e. The second-order valence-electron chi connectivity index (χ2n) is 12.6. The number of Topliss-reactive ketones (excluding diaryl/α,β-unsaturated/α-hetero) is 1. The molecule has 0 bridgehead atoms. The van der Waals surface area contributed by atoms with E-state index in [1.807, 2.05) is 0 Å². The summed E-state index contributed by atoms with van der Waals surface area (Å²) in [4.78, 5) is 64.3. The summed E-state index contributed by atoms with van der Waals surface area (Å²) in [6, 6.07) is 8.04. The standard InChI is InChI=1S/C33H42O11/c1-18-14-15-31(6,7)29(43-22(5)36)26(41-20(3)34)25(44-30(38)23-12-10-9-11-13-23)19(2)16-24-28(42-21(4)35)32(8,39)17-33(24,40)27(18)37/h9-16,18,24-26,28-29,39-40H,17H2,1-8H3. The summed E-state index contributed by atoms with van der Waals surface area (Å²) in [6.45, 7) is 11.3. The molecule has 2 aliphatic rings. The largest absolute Gasteiger partial charge is 0.459 e. The number of esters is 4. The van der Waals surface area contributed by atoms with Crippen molar-refractivity contribution in [2.45, 2.75) is 97.4 Å². The molecular formula is C33H42O11. The quantitative estimate of drug-likeness (QED) is 0.284. The minimum absolute atomic E-state index is 0.178. The number of fused-ring (bicyclic) bond motifs is 1. The highest BCUT2D eigenvalue weighted by molar-refractivity contribution is 5.92. The van der Waals surface area contributed by atoms with Gasteiger partial charge in [0.1, 0.15) is 17.3 Å². The monoisotopic (exact) mass is 614 g/mol. The molecule has 0 spiro atoms. The third kappa shape index (κ3) is 7.44. The van der Waals surface area contributed by atoms with Gasteiger partial charge in [0.25, 0.3) is 0 Å². The van der Waals surface area contributed by atoms with E-state index in [0.717, 1.165) is 13.8 Å². The van der Waals surface area contributed by atoms with Crippen molar-refractivity contribution in [1.82, 2.24) is 0 Å². The van der Waals surface area contributed by atoms with Gasteiger partial charge in [-0.05, 0) is 31.6 Å². The summed E-state index contributed by atoms with van der Waals surface area (Å²) in [5.74, 6) is -5.85.